The standard InChI is InChI=1S/C21H31NO2/c1-2-18(19-9-4-3-5-10-19)17-22-14-12-20-11-6-7-13-21(20)23-15-8-16-24-21/h2-5,9-10,18,20,22H,1,6-8,11-17H2. The van der Waals surface area contributed by atoms with E-state index in [4.69, 9.17) is 9.47 Å². The first-order valence-electron chi connectivity index (χ1n) is 9.50. The molecule has 1 aliphatic heterocycles. The lowest BCUT2D eigenvalue weighted by atomic mass is 9.80. The SMILES string of the molecule is C=CC(CNCCC1CCCCC12OCCCO2)c1ccccc1. The zero-order valence-corrected chi connectivity index (χ0v) is 14.7. The Morgan fingerprint density at radius 2 is 1.96 bits per heavy atom. The van der Waals surface area contributed by atoms with E-state index in [1.165, 1.54) is 24.8 Å². The van der Waals surface area contributed by atoms with Crippen LogP contribution in [0.1, 0.15) is 50.0 Å². The van der Waals surface area contributed by atoms with E-state index in [2.05, 4.69) is 42.2 Å². The topological polar surface area (TPSA) is 30.5 Å². The van der Waals surface area contributed by atoms with Gasteiger partial charge in [-0.3, -0.25) is 0 Å². The van der Waals surface area contributed by atoms with Crippen molar-refractivity contribution in [1.29, 1.82) is 0 Å². The smallest absolute Gasteiger partial charge is 0.171 e. The van der Waals surface area contributed by atoms with Crippen LogP contribution in [0.3, 0.4) is 0 Å². The van der Waals surface area contributed by atoms with Gasteiger partial charge in [-0.2, -0.15) is 0 Å². The molecule has 2 unspecified atom stereocenters. The summed E-state index contributed by atoms with van der Waals surface area (Å²) in [6.45, 7) is 7.66. The molecule has 24 heavy (non-hydrogen) atoms. The number of nitrogens with one attached hydrogen (secondary N) is 1. The van der Waals surface area contributed by atoms with Crippen LogP contribution < -0.4 is 5.32 Å². The van der Waals surface area contributed by atoms with Gasteiger partial charge in [-0.1, -0.05) is 42.8 Å². The molecule has 1 aromatic rings. The molecule has 2 atom stereocenters. The predicted octanol–water partition coefficient (Wildman–Crippen LogP) is 4.26. The zero-order chi connectivity index (χ0) is 16.7. The van der Waals surface area contributed by atoms with E-state index < -0.39 is 0 Å². The summed E-state index contributed by atoms with van der Waals surface area (Å²) < 4.78 is 12.2. The molecule has 1 N–H and O–H groups in total. The number of benzene rings is 1. The van der Waals surface area contributed by atoms with E-state index in [1.54, 1.807) is 0 Å². The highest BCUT2D eigenvalue weighted by Gasteiger charge is 2.43. The van der Waals surface area contributed by atoms with Crippen molar-refractivity contribution in [2.75, 3.05) is 26.3 Å². The quantitative estimate of drug-likeness (QED) is 0.599. The molecule has 0 aromatic heterocycles. The summed E-state index contributed by atoms with van der Waals surface area (Å²) in [5, 5.41) is 3.62. The first kappa shape index (κ1) is 17.7. The van der Waals surface area contributed by atoms with Crippen LogP contribution in [-0.2, 0) is 9.47 Å². The van der Waals surface area contributed by atoms with E-state index in [1.807, 2.05) is 6.08 Å². The van der Waals surface area contributed by atoms with Crippen molar-refractivity contribution in [1.82, 2.24) is 5.32 Å². The van der Waals surface area contributed by atoms with Crippen molar-refractivity contribution in [3.8, 4) is 0 Å². The second kappa shape index (κ2) is 8.80. The Balaban J connectivity index is 1.47. The summed E-state index contributed by atoms with van der Waals surface area (Å²) in [5.41, 5.74) is 1.33. The lowest BCUT2D eigenvalue weighted by molar-refractivity contribution is -0.306. The molecule has 0 amide bonds. The summed E-state index contributed by atoms with van der Waals surface area (Å²) in [5.74, 6) is 0.613. The molecule has 1 saturated heterocycles. The molecule has 132 valence electrons. The van der Waals surface area contributed by atoms with Gasteiger partial charge in [0, 0.05) is 24.8 Å². The second-order valence-electron chi connectivity index (χ2n) is 7.05. The van der Waals surface area contributed by atoms with Gasteiger partial charge < -0.3 is 14.8 Å². The summed E-state index contributed by atoms with van der Waals surface area (Å²) in [6, 6.07) is 10.6. The number of hydrogen-bond acceptors (Lipinski definition) is 3. The minimum atomic E-state index is -0.282. The van der Waals surface area contributed by atoms with Crippen molar-refractivity contribution >= 4 is 0 Å². The van der Waals surface area contributed by atoms with Gasteiger partial charge in [0.05, 0.1) is 13.2 Å². The lowest BCUT2D eigenvalue weighted by Gasteiger charge is -2.46. The van der Waals surface area contributed by atoms with E-state index in [0.717, 1.165) is 45.6 Å². The molecule has 0 radical (unpaired) electrons. The maximum Gasteiger partial charge on any atom is 0.171 e. The zero-order valence-electron chi connectivity index (χ0n) is 14.7. The molecular formula is C21H31NO2. The van der Waals surface area contributed by atoms with E-state index in [-0.39, 0.29) is 5.79 Å². The summed E-state index contributed by atoms with van der Waals surface area (Å²) >= 11 is 0. The molecule has 1 aliphatic carbocycles. The van der Waals surface area contributed by atoms with Gasteiger partial charge in [-0.25, -0.2) is 0 Å². The molecule has 3 heteroatoms. The lowest BCUT2D eigenvalue weighted by Crippen LogP contribution is -2.49. The Morgan fingerprint density at radius 3 is 2.71 bits per heavy atom. The van der Waals surface area contributed by atoms with Crippen LogP contribution >= 0.6 is 0 Å². The molecule has 1 saturated carbocycles. The normalized spacial score (nSPS) is 24.6. The van der Waals surface area contributed by atoms with Gasteiger partial charge in [0.15, 0.2) is 5.79 Å². The van der Waals surface area contributed by atoms with Crippen molar-refractivity contribution in [2.45, 2.75) is 50.2 Å². The van der Waals surface area contributed by atoms with Gasteiger partial charge in [0.2, 0.25) is 0 Å². The minimum Gasteiger partial charge on any atom is -0.350 e. The highest BCUT2D eigenvalue weighted by atomic mass is 16.7. The predicted molar refractivity (Wildman–Crippen MR) is 98.1 cm³/mol. The highest BCUT2D eigenvalue weighted by molar-refractivity contribution is 5.23. The van der Waals surface area contributed by atoms with Crippen LogP contribution in [-0.4, -0.2) is 32.1 Å². The van der Waals surface area contributed by atoms with Crippen molar-refractivity contribution < 1.29 is 9.47 Å². The van der Waals surface area contributed by atoms with Crippen LogP contribution in [0.5, 0.6) is 0 Å². The number of ether oxygens (including phenoxy) is 2. The van der Waals surface area contributed by atoms with Crippen molar-refractivity contribution in [2.24, 2.45) is 5.92 Å². The molecule has 3 rings (SSSR count). The van der Waals surface area contributed by atoms with Crippen LogP contribution in [0.15, 0.2) is 43.0 Å². The molecule has 1 heterocycles. The Bertz CT molecular complexity index is 488. The Hall–Kier alpha value is -1.16. The Morgan fingerprint density at radius 1 is 1.17 bits per heavy atom. The van der Waals surface area contributed by atoms with E-state index in [9.17, 15) is 0 Å². The molecular weight excluding hydrogens is 298 g/mol. The van der Waals surface area contributed by atoms with Gasteiger partial charge in [-0.05, 0) is 37.8 Å². The van der Waals surface area contributed by atoms with Crippen LogP contribution in [0, 0.1) is 5.92 Å². The van der Waals surface area contributed by atoms with Crippen molar-refractivity contribution in [3.05, 3.63) is 48.6 Å². The van der Waals surface area contributed by atoms with E-state index in [0.29, 0.717) is 11.8 Å². The average Bonchev–Trinajstić information content (AvgIpc) is 2.65. The van der Waals surface area contributed by atoms with Gasteiger partial charge in [0.1, 0.15) is 0 Å². The third-order valence-electron chi connectivity index (χ3n) is 5.48. The Kier molecular flexibility index (Phi) is 6.47. The van der Waals surface area contributed by atoms with E-state index >= 15 is 0 Å². The summed E-state index contributed by atoms with van der Waals surface area (Å²) in [7, 11) is 0. The summed E-state index contributed by atoms with van der Waals surface area (Å²) in [4.78, 5) is 0. The van der Waals surface area contributed by atoms with Gasteiger partial charge in [0.25, 0.3) is 0 Å². The first-order valence-corrected chi connectivity index (χ1v) is 9.50. The first-order chi connectivity index (χ1) is 11.8. The third kappa shape index (κ3) is 4.27. The largest absolute Gasteiger partial charge is 0.350 e. The fourth-order valence-corrected chi connectivity index (χ4v) is 4.09. The van der Waals surface area contributed by atoms with Crippen molar-refractivity contribution in [3.63, 3.8) is 0 Å². The highest BCUT2D eigenvalue weighted by Crippen LogP contribution is 2.41. The molecule has 1 aromatic carbocycles. The maximum absolute atomic E-state index is 6.12. The number of hydrogen-bond donors (Lipinski definition) is 1. The van der Waals surface area contributed by atoms with Gasteiger partial charge in [-0.15, -0.1) is 6.58 Å². The fraction of sp³-hybridized carbons (Fsp3) is 0.619. The second-order valence-corrected chi connectivity index (χ2v) is 7.05. The average molecular weight is 329 g/mol. The maximum atomic E-state index is 6.12. The van der Waals surface area contributed by atoms with Crippen LogP contribution in [0.4, 0.5) is 0 Å². The monoisotopic (exact) mass is 329 g/mol. The minimum absolute atomic E-state index is 0.282. The molecule has 3 nitrogen and oxygen atoms in total. The molecule has 0 bridgehead atoms. The number of rotatable bonds is 7. The summed E-state index contributed by atoms with van der Waals surface area (Å²) in [6.07, 6.45) is 9.03. The molecule has 1 spiro atoms. The Labute approximate surface area is 146 Å². The van der Waals surface area contributed by atoms with Crippen LogP contribution in [0.2, 0.25) is 0 Å². The third-order valence-corrected chi connectivity index (χ3v) is 5.48. The molecule has 2 aliphatic rings. The van der Waals surface area contributed by atoms with Gasteiger partial charge >= 0.3 is 0 Å². The van der Waals surface area contributed by atoms with Crippen LogP contribution in [0.25, 0.3) is 0 Å². The fourth-order valence-electron chi connectivity index (χ4n) is 4.09. The molecule has 2 fully saturated rings.